The van der Waals surface area contributed by atoms with Gasteiger partial charge in [-0.05, 0) is 26.0 Å². The summed E-state index contributed by atoms with van der Waals surface area (Å²) in [5.74, 6) is 0.712. The van der Waals surface area contributed by atoms with E-state index in [0.717, 1.165) is 16.8 Å². The number of pyridine rings is 1. The molecule has 0 aliphatic heterocycles. The zero-order valence-electron chi connectivity index (χ0n) is 9.38. The van der Waals surface area contributed by atoms with Crippen LogP contribution < -0.4 is 5.73 Å². The highest BCUT2D eigenvalue weighted by atomic mass is 14.9. The molecule has 2 N–H and O–H groups in total. The summed E-state index contributed by atoms with van der Waals surface area (Å²) in [7, 11) is 0. The van der Waals surface area contributed by atoms with Crippen LogP contribution in [0.4, 0.5) is 0 Å². The van der Waals surface area contributed by atoms with Gasteiger partial charge in [-0.25, -0.2) is 9.97 Å². The highest BCUT2D eigenvalue weighted by Crippen LogP contribution is 2.17. The molecule has 0 bridgehead atoms. The molecule has 2 rings (SSSR count). The molecule has 0 aromatic carbocycles. The lowest BCUT2D eigenvalue weighted by molar-refractivity contribution is 0.790. The average molecular weight is 214 g/mol. The lowest BCUT2D eigenvalue weighted by Crippen LogP contribution is -2.09. The molecule has 0 aliphatic carbocycles. The van der Waals surface area contributed by atoms with Crippen LogP contribution in [0.2, 0.25) is 0 Å². The Morgan fingerprint density at radius 3 is 2.50 bits per heavy atom. The normalized spacial score (nSPS) is 12.4. The van der Waals surface area contributed by atoms with Crippen LogP contribution in [0, 0.1) is 6.92 Å². The van der Waals surface area contributed by atoms with Crippen molar-refractivity contribution in [3.63, 3.8) is 0 Å². The maximum absolute atomic E-state index is 5.81. The van der Waals surface area contributed by atoms with Crippen molar-refractivity contribution < 1.29 is 0 Å². The van der Waals surface area contributed by atoms with Crippen LogP contribution in [0.3, 0.4) is 0 Å². The van der Waals surface area contributed by atoms with E-state index in [2.05, 4.69) is 15.0 Å². The number of rotatable bonds is 2. The van der Waals surface area contributed by atoms with Gasteiger partial charge < -0.3 is 5.73 Å². The zero-order valence-corrected chi connectivity index (χ0v) is 9.38. The van der Waals surface area contributed by atoms with Gasteiger partial charge in [-0.2, -0.15) is 0 Å². The first-order valence-corrected chi connectivity index (χ1v) is 5.18. The largest absolute Gasteiger partial charge is 0.324 e. The van der Waals surface area contributed by atoms with Gasteiger partial charge in [0.15, 0.2) is 5.82 Å². The third-order valence-corrected chi connectivity index (χ3v) is 2.45. The predicted molar refractivity (Wildman–Crippen MR) is 62.6 cm³/mol. The Balaban J connectivity index is 2.43. The fraction of sp³-hybridized carbons (Fsp3) is 0.250. The molecule has 0 unspecified atom stereocenters. The molecule has 82 valence electrons. The first-order valence-electron chi connectivity index (χ1n) is 5.18. The van der Waals surface area contributed by atoms with E-state index in [0.29, 0.717) is 5.82 Å². The number of hydrogen-bond donors (Lipinski definition) is 1. The van der Waals surface area contributed by atoms with Crippen LogP contribution in [0.25, 0.3) is 11.4 Å². The quantitative estimate of drug-likeness (QED) is 0.828. The highest BCUT2D eigenvalue weighted by Gasteiger charge is 2.07. The van der Waals surface area contributed by atoms with Crippen molar-refractivity contribution in [1.29, 1.82) is 0 Å². The summed E-state index contributed by atoms with van der Waals surface area (Å²) < 4.78 is 0. The number of hydrogen-bond acceptors (Lipinski definition) is 4. The predicted octanol–water partition coefficient (Wildman–Crippen LogP) is 1.87. The molecule has 16 heavy (non-hydrogen) atoms. The summed E-state index contributed by atoms with van der Waals surface area (Å²) in [4.78, 5) is 12.7. The third kappa shape index (κ3) is 2.06. The Kier molecular flexibility index (Phi) is 2.92. The van der Waals surface area contributed by atoms with Crippen molar-refractivity contribution in [2.24, 2.45) is 5.73 Å². The standard InChI is InChI=1S/C12H14N4/c1-8(13)11-7-15-12(16-9(11)2)10-3-5-14-6-4-10/h3-8H,13H2,1-2H3/t8-/m0/s1. The minimum Gasteiger partial charge on any atom is -0.324 e. The molecule has 2 aromatic heterocycles. The van der Waals surface area contributed by atoms with Crippen molar-refractivity contribution in [2.75, 3.05) is 0 Å². The Labute approximate surface area is 94.6 Å². The average Bonchev–Trinajstić information content (AvgIpc) is 2.29. The highest BCUT2D eigenvalue weighted by molar-refractivity contribution is 5.53. The number of aromatic nitrogens is 3. The van der Waals surface area contributed by atoms with Gasteiger partial charge in [-0.1, -0.05) is 0 Å². The van der Waals surface area contributed by atoms with E-state index in [9.17, 15) is 0 Å². The van der Waals surface area contributed by atoms with Crippen molar-refractivity contribution in [3.8, 4) is 11.4 Å². The molecule has 0 amide bonds. The van der Waals surface area contributed by atoms with Gasteiger partial charge in [-0.3, -0.25) is 4.98 Å². The SMILES string of the molecule is Cc1nc(-c2ccncc2)ncc1[C@H](C)N. The van der Waals surface area contributed by atoms with E-state index in [1.54, 1.807) is 18.6 Å². The topological polar surface area (TPSA) is 64.7 Å². The molecule has 0 fully saturated rings. The molecule has 2 heterocycles. The second-order valence-corrected chi connectivity index (χ2v) is 3.76. The second kappa shape index (κ2) is 4.37. The minimum absolute atomic E-state index is 0.0357. The van der Waals surface area contributed by atoms with E-state index < -0.39 is 0 Å². The van der Waals surface area contributed by atoms with E-state index in [1.165, 1.54) is 0 Å². The molecular formula is C12H14N4. The molecule has 0 saturated carbocycles. The monoisotopic (exact) mass is 214 g/mol. The van der Waals surface area contributed by atoms with Crippen LogP contribution in [0.5, 0.6) is 0 Å². The number of nitrogens with zero attached hydrogens (tertiary/aromatic N) is 3. The van der Waals surface area contributed by atoms with Crippen molar-refractivity contribution in [3.05, 3.63) is 42.0 Å². The molecular weight excluding hydrogens is 200 g/mol. The molecule has 1 atom stereocenters. The molecule has 0 radical (unpaired) electrons. The molecule has 4 nitrogen and oxygen atoms in total. The minimum atomic E-state index is -0.0357. The van der Waals surface area contributed by atoms with Crippen molar-refractivity contribution in [2.45, 2.75) is 19.9 Å². The van der Waals surface area contributed by atoms with Gasteiger partial charge in [0.25, 0.3) is 0 Å². The summed E-state index contributed by atoms with van der Waals surface area (Å²) in [5.41, 5.74) is 8.69. The number of aryl methyl sites for hydroxylation is 1. The van der Waals surface area contributed by atoms with Crippen LogP contribution in [0.15, 0.2) is 30.7 Å². The molecule has 0 spiro atoms. The van der Waals surface area contributed by atoms with Crippen molar-refractivity contribution >= 4 is 0 Å². The van der Waals surface area contributed by atoms with Crippen LogP contribution >= 0.6 is 0 Å². The van der Waals surface area contributed by atoms with E-state index in [-0.39, 0.29) is 6.04 Å². The maximum Gasteiger partial charge on any atom is 0.159 e. The lowest BCUT2D eigenvalue weighted by atomic mass is 10.1. The van der Waals surface area contributed by atoms with E-state index in [4.69, 9.17) is 5.73 Å². The third-order valence-electron chi connectivity index (χ3n) is 2.45. The van der Waals surface area contributed by atoms with Gasteiger partial charge in [0.2, 0.25) is 0 Å². The summed E-state index contributed by atoms with van der Waals surface area (Å²) >= 11 is 0. The van der Waals surface area contributed by atoms with Crippen molar-refractivity contribution in [1.82, 2.24) is 15.0 Å². The Morgan fingerprint density at radius 1 is 1.25 bits per heavy atom. The van der Waals surface area contributed by atoms with Crippen LogP contribution in [0.1, 0.15) is 24.2 Å². The Morgan fingerprint density at radius 2 is 1.94 bits per heavy atom. The van der Waals surface area contributed by atoms with Gasteiger partial charge in [0.1, 0.15) is 0 Å². The van der Waals surface area contributed by atoms with Crippen LogP contribution in [-0.2, 0) is 0 Å². The van der Waals surface area contributed by atoms with E-state index in [1.807, 2.05) is 26.0 Å². The van der Waals surface area contributed by atoms with Gasteiger partial charge in [0, 0.05) is 41.5 Å². The molecule has 0 saturated heterocycles. The van der Waals surface area contributed by atoms with E-state index >= 15 is 0 Å². The Hall–Kier alpha value is -1.81. The summed E-state index contributed by atoms with van der Waals surface area (Å²) in [6.07, 6.45) is 5.25. The number of nitrogens with two attached hydrogens (primary N) is 1. The Bertz CT molecular complexity index is 480. The molecule has 2 aromatic rings. The van der Waals surface area contributed by atoms with Gasteiger partial charge in [-0.15, -0.1) is 0 Å². The first-order chi connectivity index (χ1) is 7.68. The smallest absolute Gasteiger partial charge is 0.159 e. The zero-order chi connectivity index (χ0) is 11.5. The van der Waals surface area contributed by atoms with Gasteiger partial charge >= 0.3 is 0 Å². The first kappa shape index (κ1) is 10.7. The summed E-state index contributed by atoms with van der Waals surface area (Å²) in [6, 6.07) is 3.74. The maximum atomic E-state index is 5.81. The van der Waals surface area contributed by atoms with Crippen LogP contribution in [-0.4, -0.2) is 15.0 Å². The molecule has 0 aliphatic rings. The summed E-state index contributed by atoms with van der Waals surface area (Å²) in [5, 5.41) is 0. The fourth-order valence-corrected chi connectivity index (χ4v) is 1.56. The second-order valence-electron chi connectivity index (χ2n) is 3.76. The summed E-state index contributed by atoms with van der Waals surface area (Å²) in [6.45, 7) is 3.88. The lowest BCUT2D eigenvalue weighted by Gasteiger charge is -2.09. The van der Waals surface area contributed by atoms with Gasteiger partial charge in [0.05, 0.1) is 0 Å². The fourth-order valence-electron chi connectivity index (χ4n) is 1.56. The molecule has 4 heteroatoms.